The molecule has 0 aliphatic rings. The Hall–Kier alpha value is -2.15. The Labute approximate surface area is 116 Å². The van der Waals surface area contributed by atoms with Gasteiger partial charge in [0.15, 0.2) is 0 Å². The highest BCUT2D eigenvalue weighted by Crippen LogP contribution is 2.23. The van der Waals surface area contributed by atoms with Crippen molar-refractivity contribution in [2.45, 2.75) is 11.8 Å². The molecule has 0 saturated carbocycles. The van der Waals surface area contributed by atoms with E-state index in [0.29, 0.717) is 5.56 Å². The number of aryl methyl sites for hydroxylation is 1. The minimum absolute atomic E-state index is 0.00570. The molecule has 0 aliphatic carbocycles. The Morgan fingerprint density at radius 1 is 1.25 bits per heavy atom. The van der Waals surface area contributed by atoms with Crippen molar-refractivity contribution in [3.8, 4) is 0 Å². The molecule has 0 bridgehead atoms. The minimum atomic E-state index is -3.84. The van der Waals surface area contributed by atoms with Crippen LogP contribution in [0.2, 0.25) is 0 Å². The number of rotatable bonds is 4. The number of sulfonamides is 1. The van der Waals surface area contributed by atoms with Gasteiger partial charge < -0.3 is 5.32 Å². The van der Waals surface area contributed by atoms with E-state index in [-0.39, 0.29) is 16.4 Å². The summed E-state index contributed by atoms with van der Waals surface area (Å²) in [7, 11) is -2.26. The highest BCUT2D eigenvalue weighted by Gasteiger charge is 2.19. The second kappa shape index (κ2) is 5.46. The summed E-state index contributed by atoms with van der Waals surface area (Å²) in [4.78, 5) is 3.95. The van der Waals surface area contributed by atoms with E-state index < -0.39 is 15.8 Å². The van der Waals surface area contributed by atoms with Gasteiger partial charge >= 0.3 is 0 Å². The van der Waals surface area contributed by atoms with Crippen LogP contribution in [-0.2, 0) is 10.0 Å². The van der Waals surface area contributed by atoms with Crippen LogP contribution in [0.5, 0.6) is 0 Å². The molecule has 2 rings (SSSR count). The first-order valence-electron chi connectivity index (χ1n) is 5.86. The highest BCUT2D eigenvalue weighted by molar-refractivity contribution is 7.92. The van der Waals surface area contributed by atoms with Crippen LogP contribution in [0.25, 0.3) is 0 Å². The number of anilines is 2. The molecule has 106 valence electrons. The molecule has 2 N–H and O–H groups in total. The summed E-state index contributed by atoms with van der Waals surface area (Å²) in [5.74, 6) is -0.276. The van der Waals surface area contributed by atoms with E-state index in [0.717, 1.165) is 6.07 Å². The Kier molecular flexibility index (Phi) is 3.89. The summed E-state index contributed by atoms with van der Waals surface area (Å²) in [6.07, 6.45) is 1.48. The van der Waals surface area contributed by atoms with Crippen LogP contribution >= 0.6 is 0 Å². The van der Waals surface area contributed by atoms with Gasteiger partial charge in [0.25, 0.3) is 10.0 Å². The third kappa shape index (κ3) is 2.88. The summed E-state index contributed by atoms with van der Waals surface area (Å²) >= 11 is 0. The average molecular weight is 295 g/mol. The number of halogens is 1. The van der Waals surface area contributed by atoms with Crippen molar-refractivity contribution in [1.82, 2.24) is 4.98 Å². The number of nitrogens with one attached hydrogen (secondary N) is 2. The summed E-state index contributed by atoms with van der Waals surface area (Å²) in [6.45, 7) is 1.69. The summed E-state index contributed by atoms with van der Waals surface area (Å²) in [5.41, 5.74) is 0.834. The maximum absolute atomic E-state index is 13.2. The predicted molar refractivity (Wildman–Crippen MR) is 75.7 cm³/mol. The number of aromatic nitrogens is 1. The molecular weight excluding hydrogens is 281 g/mol. The zero-order valence-corrected chi connectivity index (χ0v) is 11.8. The van der Waals surface area contributed by atoms with Gasteiger partial charge in [0.2, 0.25) is 0 Å². The number of nitrogens with zero attached hydrogens (tertiary/aromatic N) is 1. The normalized spacial score (nSPS) is 11.2. The zero-order valence-electron chi connectivity index (χ0n) is 11.0. The molecule has 1 heterocycles. The van der Waals surface area contributed by atoms with Crippen molar-refractivity contribution in [2.24, 2.45) is 0 Å². The van der Waals surface area contributed by atoms with Gasteiger partial charge in [-0.2, -0.15) is 0 Å². The molecule has 1 aromatic carbocycles. The Morgan fingerprint density at radius 2 is 2.00 bits per heavy atom. The molecular formula is C13H14FN3O2S. The van der Waals surface area contributed by atoms with Crippen LogP contribution < -0.4 is 10.0 Å². The lowest BCUT2D eigenvalue weighted by atomic mass is 10.2. The van der Waals surface area contributed by atoms with E-state index in [1.807, 2.05) is 0 Å². The van der Waals surface area contributed by atoms with Crippen molar-refractivity contribution in [3.05, 3.63) is 47.9 Å². The van der Waals surface area contributed by atoms with Crippen LogP contribution in [0.4, 0.5) is 15.9 Å². The van der Waals surface area contributed by atoms with E-state index in [4.69, 9.17) is 0 Å². The molecule has 1 aromatic heterocycles. The lowest BCUT2D eigenvalue weighted by molar-refractivity contribution is 0.601. The molecule has 0 spiro atoms. The van der Waals surface area contributed by atoms with Gasteiger partial charge in [-0.3, -0.25) is 4.72 Å². The minimum Gasteiger partial charge on any atom is -0.372 e. The second-order valence-electron chi connectivity index (χ2n) is 4.16. The monoisotopic (exact) mass is 295 g/mol. The highest BCUT2D eigenvalue weighted by atomic mass is 32.2. The number of pyridine rings is 1. The smallest absolute Gasteiger partial charge is 0.265 e. The summed E-state index contributed by atoms with van der Waals surface area (Å²) < 4.78 is 40.2. The lowest BCUT2D eigenvalue weighted by Gasteiger charge is -2.12. The molecule has 5 nitrogen and oxygen atoms in total. The quantitative estimate of drug-likeness (QED) is 0.908. The van der Waals surface area contributed by atoms with Crippen molar-refractivity contribution in [3.63, 3.8) is 0 Å². The van der Waals surface area contributed by atoms with Gasteiger partial charge in [0.1, 0.15) is 16.5 Å². The topological polar surface area (TPSA) is 71.1 Å². The fourth-order valence-corrected chi connectivity index (χ4v) is 2.99. The molecule has 2 aromatic rings. The first kappa shape index (κ1) is 14.3. The summed E-state index contributed by atoms with van der Waals surface area (Å²) in [6, 6.07) is 6.87. The summed E-state index contributed by atoms with van der Waals surface area (Å²) in [5, 5.41) is 2.71. The predicted octanol–water partition coefficient (Wildman–Crippen LogP) is 2.37. The van der Waals surface area contributed by atoms with Gasteiger partial charge in [-0.05, 0) is 36.8 Å². The third-order valence-electron chi connectivity index (χ3n) is 2.74. The average Bonchev–Trinajstić information content (AvgIpc) is 2.42. The molecule has 0 unspecified atom stereocenters. The molecule has 0 fully saturated rings. The third-order valence-corrected chi connectivity index (χ3v) is 4.14. The van der Waals surface area contributed by atoms with Crippen LogP contribution in [0.15, 0.2) is 41.4 Å². The number of benzene rings is 1. The molecule has 0 amide bonds. The lowest BCUT2D eigenvalue weighted by Crippen LogP contribution is -2.16. The Bertz CT molecular complexity index is 732. The van der Waals surface area contributed by atoms with Crippen LogP contribution in [-0.4, -0.2) is 20.4 Å². The standard InChI is InChI=1S/C13H14FN3O2S/c1-9-5-6-10(14)8-11(9)17-20(18,19)12-4-3-7-16-13(12)15-2/h3-8,17H,1-2H3,(H,15,16). The van der Waals surface area contributed by atoms with Gasteiger partial charge in [-0.25, -0.2) is 17.8 Å². The van der Waals surface area contributed by atoms with E-state index in [2.05, 4.69) is 15.0 Å². The van der Waals surface area contributed by atoms with Crippen LogP contribution in [0, 0.1) is 12.7 Å². The fourth-order valence-electron chi connectivity index (χ4n) is 1.70. The van der Waals surface area contributed by atoms with Crippen LogP contribution in [0.1, 0.15) is 5.56 Å². The molecule has 7 heteroatoms. The second-order valence-corrected chi connectivity index (χ2v) is 5.82. The molecule has 0 aliphatic heterocycles. The van der Waals surface area contributed by atoms with Gasteiger partial charge in [-0.1, -0.05) is 6.07 Å². The molecule has 0 saturated heterocycles. The molecule has 0 radical (unpaired) electrons. The Morgan fingerprint density at radius 3 is 2.70 bits per heavy atom. The van der Waals surface area contributed by atoms with Crippen molar-refractivity contribution in [2.75, 3.05) is 17.1 Å². The van der Waals surface area contributed by atoms with Gasteiger partial charge in [-0.15, -0.1) is 0 Å². The first-order chi connectivity index (χ1) is 9.44. The number of hydrogen-bond acceptors (Lipinski definition) is 4. The SMILES string of the molecule is CNc1ncccc1S(=O)(=O)Nc1cc(F)ccc1C. The van der Waals surface area contributed by atoms with E-state index in [9.17, 15) is 12.8 Å². The zero-order chi connectivity index (χ0) is 14.8. The first-order valence-corrected chi connectivity index (χ1v) is 7.34. The van der Waals surface area contributed by atoms with Gasteiger partial charge in [0, 0.05) is 13.2 Å². The Balaban J connectivity index is 2.43. The van der Waals surface area contributed by atoms with Crippen LogP contribution in [0.3, 0.4) is 0 Å². The van der Waals surface area contributed by atoms with E-state index in [1.54, 1.807) is 14.0 Å². The molecule has 20 heavy (non-hydrogen) atoms. The fraction of sp³-hybridized carbons (Fsp3) is 0.154. The molecule has 0 atom stereocenters. The van der Waals surface area contributed by atoms with Crippen molar-refractivity contribution < 1.29 is 12.8 Å². The van der Waals surface area contributed by atoms with E-state index >= 15 is 0 Å². The maximum Gasteiger partial charge on any atom is 0.265 e. The van der Waals surface area contributed by atoms with Crippen molar-refractivity contribution in [1.29, 1.82) is 0 Å². The van der Waals surface area contributed by atoms with Crippen molar-refractivity contribution >= 4 is 21.5 Å². The maximum atomic E-state index is 13.2. The van der Waals surface area contributed by atoms with E-state index in [1.165, 1.54) is 30.5 Å². The number of hydrogen-bond donors (Lipinski definition) is 2. The largest absolute Gasteiger partial charge is 0.372 e. The van der Waals surface area contributed by atoms with Gasteiger partial charge in [0.05, 0.1) is 5.69 Å².